The summed E-state index contributed by atoms with van der Waals surface area (Å²) in [7, 11) is 0. The molecule has 3 aromatic heterocycles. The maximum absolute atomic E-state index is 12.7. The number of aryl methyl sites for hydroxylation is 2. The highest BCUT2D eigenvalue weighted by atomic mass is 16.2. The van der Waals surface area contributed by atoms with E-state index in [1.54, 1.807) is 6.33 Å². The van der Waals surface area contributed by atoms with Crippen LogP contribution in [0.15, 0.2) is 67.1 Å². The van der Waals surface area contributed by atoms with Crippen molar-refractivity contribution < 1.29 is 4.79 Å². The van der Waals surface area contributed by atoms with Gasteiger partial charge in [-0.1, -0.05) is 45.9 Å². The van der Waals surface area contributed by atoms with Gasteiger partial charge in [0.2, 0.25) is 5.91 Å². The number of hydrogen-bond donors (Lipinski definition) is 3. The van der Waals surface area contributed by atoms with E-state index in [1.807, 2.05) is 74.9 Å². The number of hydrogen-bond acceptors (Lipinski definition) is 4. The molecule has 6 aromatic rings. The van der Waals surface area contributed by atoms with Crippen molar-refractivity contribution in [2.24, 2.45) is 5.41 Å². The van der Waals surface area contributed by atoms with E-state index in [1.165, 1.54) is 0 Å². The van der Waals surface area contributed by atoms with Gasteiger partial charge in [-0.2, -0.15) is 5.10 Å². The predicted molar refractivity (Wildman–Crippen MR) is 156 cm³/mol. The second-order valence-electron chi connectivity index (χ2n) is 11.0. The van der Waals surface area contributed by atoms with E-state index in [0.29, 0.717) is 5.82 Å². The van der Waals surface area contributed by atoms with Gasteiger partial charge in [-0.25, -0.2) is 9.97 Å². The van der Waals surface area contributed by atoms with Gasteiger partial charge in [-0.05, 0) is 66.4 Å². The van der Waals surface area contributed by atoms with Crippen LogP contribution in [0.1, 0.15) is 39.0 Å². The van der Waals surface area contributed by atoms with E-state index in [-0.39, 0.29) is 5.91 Å². The lowest BCUT2D eigenvalue weighted by atomic mass is 9.95. The van der Waals surface area contributed by atoms with Crippen molar-refractivity contribution in [1.82, 2.24) is 29.7 Å². The summed E-state index contributed by atoms with van der Waals surface area (Å²) in [5.74, 6) is 0.683. The second-order valence-corrected chi connectivity index (χ2v) is 11.0. The molecule has 0 spiro atoms. The molecule has 0 aliphatic rings. The molecule has 196 valence electrons. The Labute approximate surface area is 226 Å². The van der Waals surface area contributed by atoms with Gasteiger partial charge in [-0.15, -0.1) is 0 Å². The molecule has 0 saturated carbocycles. The van der Waals surface area contributed by atoms with Crippen molar-refractivity contribution in [3.05, 3.63) is 78.4 Å². The summed E-state index contributed by atoms with van der Waals surface area (Å²) >= 11 is 0. The van der Waals surface area contributed by atoms with Crippen LogP contribution in [0.2, 0.25) is 0 Å². The van der Waals surface area contributed by atoms with Crippen LogP contribution in [-0.4, -0.2) is 35.6 Å². The zero-order valence-corrected chi connectivity index (χ0v) is 22.8. The quantitative estimate of drug-likeness (QED) is 0.233. The number of nitrogens with zero attached hydrogens (tertiary/aromatic N) is 4. The summed E-state index contributed by atoms with van der Waals surface area (Å²) in [5.41, 5.74) is 8.92. The van der Waals surface area contributed by atoms with Crippen LogP contribution < -0.4 is 5.32 Å². The average Bonchev–Trinajstić information content (AvgIpc) is 3.64. The molecule has 3 aromatic carbocycles. The fraction of sp³-hybridized carbons (Fsp3) is 0.226. The smallest absolute Gasteiger partial charge is 0.229 e. The molecule has 0 aliphatic carbocycles. The number of nitrogens with one attached hydrogen (secondary N) is 3. The lowest BCUT2D eigenvalue weighted by molar-refractivity contribution is -0.123. The molecule has 39 heavy (non-hydrogen) atoms. The van der Waals surface area contributed by atoms with Crippen molar-refractivity contribution in [3.63, 3.8) is 0 Å². The summed E-state index contributed by atoms with van der Waals surface area (Å²) in [6.45, 7) is 9.83. The Morgan fingerprint density at radius 2 is 1.87 bits per heavy atom. The standard InChI is InChI=1S/C31H31N7O/c1-6-19-12-21(14-22(13-19)33-30(39)31(3,4)5)20-10-11-24-23(15-20)27(37-36-24)29-34-25-8-7-9-26(28(25)35-29)38-16-18(2)32-17-38/h7-17H,6H2,1-5H3,(H,33,39)(H,34,35)(H,36,37). The van der Waals surface area contributed by atoms with E-state index in [4.69, 9.17) is 4.98 Å². The van der Waals surface area contributed by atoms with E-state index in [2.05, 4.69) is 50.6 Å². The average molecular weight is 518 g/mol. The minimum atomic E-state index is -0.476. The zero-order chi connectivity index (χ0) is 27.3. The number of imidazole rings is 2. The summed E-state index contributed by atoms with van der Waals surface area (Å²) in [4.78, 5) is 25.5. The van der Waals surface area contributed by atoms with Crippen LogP contribution in [0.3, 0.4) is 0 Å². The maximum Gasteiger partial charge on any atom is 0.229 e. The first-order chi connectivity index (χ1) is 18.7. The number of H-pyrrole nitrogens is 2. The van der Waals surface area contributed by atoms with Crippen molar-refractivity contribution in [2.75, 3.05) is 5.32 Å². The molecule has 0 saturated heterocycles. The van der Waals surface area contributed by atoms with E-state index in [0.717, 1.165) is 67.8 Å². The van der Waals surface area contributed by atoms with Gasteiger partial charge in [0.05, 0.1) is 28.7 Å². The van der Waals surface area contributed by atoms with Crippen LogP contribution in [0.5, 0.6) is 0 Å². The predicted octanol–water partition coefficient (Wildman–Crippen LogP) is 6.81. The first kappa shape index (κ1) is 24.6. The van der Waals surface area contributed by atoms with E-state index < -0.39 is 5.41 Å². The Kier molecular flexibility index (Phi) is 5.83. The number of carbonyl (C=O) groups is 1. The normalized spacial score (nSPS) is 11.9. The molecule has 8 nitrogen and oxygen atoms in total. The first-order valence-electron chi connectivity index (χ1n) is 13.1. The minimum absolute atomic E-state index is 0.00983. The second kappa shape index (κ2) is 9.23. The number of anilines is 1. The number of para-hydroxylation sites is 1. The van der Waals surface area contributed by atoms with Gasteiger partial charge < -0.3 is 14.9 Å². The Balaban J connectivity index is 1.43. The third kappa shape index (κ3) is 4.58. The third-order valence-electron chi connectivity index (χ3n) is 6.94. The molecule has 6 rings (SSSR count). The van der Waals surface area contributed by atoms with Gasteiger partial charge in [-0.3, -0.25) is 9.89 Å². The lowest BCUT2D eigenvalue weighted by Gasteiger charge is -2.18. The highest BCUT2D eigenvalue weighted by Crippen LogP contribution is 2.33. The molecule has 0 unspecified atom stereocenters. The van der Waals surface area contributed by atoms with Crippen LogP contribution in [0.4, 0.5) is 5.69 Å². The molecule has 1 amide bonds. The topological polar surface area (TPSA) is 104 Å². The summed E-state index contributed by atoms with van der Waals surface area (Å²) in [6, 6.07) is 18.6. The maximum atomic E-state index is 12.7. The fourth-order valence-electron chi connectivity index (χ4n) is 4.72. The van der Waals surface area contributed by atoms with Crippen molar-refractivity contribution in [3.8, 4) is 28.3 Å². The number of aromatic nitrogens is 6. The van der Waals surface area contributed by atoms with Gasteiger partial charge in [0.15, 0.2) is 5.82 Å². The van der Waals surface area contributed by atoms with Crippen molar-refractivity contribution >= 4 is 33.5 Å². The Bertz CT molecular complexity index is 1850. The molecular weight excluding hydrogens is 486 g/mol. The number of aromatic amines is 2. The summed E-state index contributed by atoms with van der Waals surface area (Å²) < 4.78 is 1.99. The van der Waals surface area contributed by atoms with Gasteiger partial charge in [0, 0.05) is 22.7 Å². The number of amides is 1. The van der Waals surface area contributed by atoms with Crippen LogP contribution in [0.25, 0.3) is 50.3 Å². The van der Waals surface area contributed by atoms with Crippen LogP contribution in [0, 0.1) is 12.3 Å². The molecule has 0 aliphatic heterocycles. The van der Waals surface area contributed by atoms with Crippen molar-refractivity contribution in [2.45, 2.75) is 41.0 Å². The van der Waals surface area contributed by atoms with Gasteiger partial charge >= 0.3 is 0 Å². The molecule has 3 N–H and O–H groups in total. The first-order valence-corrected chi connectivity index (χ1v) is 13.1. The minimum Gasteiger partial charge on any atom is -0.336 e. The number of rotatable bonds is 5. The van der Waals surface area contributed by atoms with E-state index in [9.17, 15) is 4.79 Å². The fourth-order valence-corrected chi connectivity index (χ4v) is 4.72. The monoisotopic (exact) mass is 517 g/mol. The third-order valence-corrected chi connectivity index (χ3v) is 6.94. The molecule has 0 radical (unpaired) electrons. The molecule has 0 atom stereocenters. The van der Waals surface area contributed by atoms with Gasteiger partial charge in [0.25, 0.3) is 0 Å². The Morgan fingerprint density at radius 3 is 2.62 bits per heavy atom. The van der Waals surface area contributed by atoms with E-state index >= 15 is 0 Å². The zero-order valence-electron chi connectivity index (χ0n) is 22.8. The Morgan fingerprint density at radius 1 is 1.03 bits per heavy atom. The van der Waals surface area contributed by atoms with Crippen molar-refractivity contribution in [1.29, 1.82) is 0 Å². The number of carbonyl (C=O) groups excluding carboxylic acids is 1. The summed E-state index contributed by atoms with van der Waals surface area (Å²) in [5, 5.41) is 11.8. The largest absolute Gasteiger partial charge is 0.336 e. The Hall–Kier alpha value is -4.72. The summed E-state index contributed by atoms with van der Waals surface area (Å²) in [6.07, 6.45) is 4.66. The lowest BCUT2D eigenvalue weighted by Crippen LogP contribution is -2.27. The molecule has 3 heterocycles. The SMILES string of the molecule is CCc1cc(NC(=O)C(C)(C)C)cc(-c2ccc3[nH]nc(-c4nc5c(-n6cnc(C)c6)cccc5[nH]4)c3c2)c1. The number of benzene rings is 3. The van der Waals surface area contributed by atoms with Crippen LogP contribution >= 0.6 is 0 Å². The van der Waals surface area contributed by atoms with Gasteiger partial charge in [0.1, 0.15) is 11.2 Å². The molecular formula is C31H31N7O. The highest BCUT2D eigenvalue weighted by Gasteiger charge is 2.22. The molecule has 8 heteroatoms. The number of fused-ring (bicyclic) bond motifs is 2. The highest BCUT2D eigenvalue weighted by molar-refractivity contribution is 5.98. The molecule has 0 bridgehead atoms. The van der Waals surface area contributed by atoms with Crippen LogP contribution in [-0.2, 0) is 11.2 Å². The molecule has 0 fully saturated rings.